The molecule has 0 N–H and O–H groups in total. The van der Waals surface area contributed by atoms with Gasteiger partial charge in [-0.3, -0.25) is 0 Å². The van der Waals surface area contributed by atoms with Crippen molar-refractivity contribution in [3.8, 4) is 5.75 Å². The van der Waals surface area contributed by atoms with Gasteiger partial charge in [0.15, 0.2) is 0 Å². The molecule has 2 rings (SSSR count). The second-order valence-electron chi connectivity index (χ2n) is 4.06. The van der Waals surface area contributed by atoms with E-state index in [1.54, 1.807) is 0 Å². The van der Waals surface area contributed by atoms with Crippen LogP contribution in [0.1, 0.15) is 18.1 Å². The predicted octanol–water partition coefficient (Wildman–Crippen LogP) is 4.52. The molecular formula is C16H18OS. The van der Waals surface area contributed by atoms with Crippen LogP contribution in [0.4, 0.5) is 0 Å². The Morgan fingerprint density at radius 3 is 2.28 bits per heavy atom. The third kappa shape index (κ3) is 4.11. The third-order valence-electron chi connectivity index (χ3n) is 2.64. The standard InChI is InChI=1S/C16H18OS/c1-2-18-13-15-8-10-16(11-9-15)17-12-14-6-4-3-5-7-14/h3-11H,2,12-13H2,1H3. The maximum Gasteiger partial charge on any atom is 0.119 e. The van der Waals surface area contributed by atoms with Crippen molar-refractivity contribution in [1.82, 2.24) is 0 Å². The first-order chi connectivity index (χ1) is 8.88. The number of ether oxygens (including phenoxy) is 1. The lowest BCUT2D eigenvalue weighted by atomic mass is 10.2. The number of thioether (sulfide) groups is 1. The maximum absolute atomic E-state index is 5.74. The summed E-state index contributed by atoms with van der Waals surface area (Å²) in [5, 5.41) is 0. The molecule has 2 heteroatoms. The summed E-state index contributed by atoms with van der Waals surface area (Å²) in [5.41, 5.74) is 2.55. The zero-order valence-corrected chi connectivity index (χ0v) is 11.5. The molecule has 2 aromatic rings. The van der Waals surface area contributed by atoms with Crippen molar-refractivity contribution in [3.63, 3.8) is 0 Å². The molecule has 0 aromatic heterocycles. The molecule has 0 bridgehead atoms. The fourth-order valence-electron chi connectivity index (χ4n) is 1.64. The first-order valence-corrected chi connectivity index (χ1v) is 7.37. The van der Waals surface area contributed by atoms with E-state index < -0.39 is 0 Å². The van der Waals surface area contributed by atoms with Crippen LogP contribution >= 0.6 is 11.8 Å². The Morgan fingerprint density at radius 2 is 1.61 bits per heavy atom. The molecule has 0 fully saturated rings. The molecule has 0 saturated carbocycles. The van der Waals surface area contributed by atoms with E-state index in [-0.39, 0.29) is 0 Å². The highest BCUT2D eigenvalue weighted by Gasteiger charge is 1.97. The summed E-state index contributed by atoms with van der Waals surface area (Å²) in [6, 6.07) is 18.6. The van der Waals surface area contributed by atoms with Crippen molar-refractivity contribution < 1.29 is 4.74 Å². The minimum absolute atomic E-state index is 0.629. The van der Waals surface area contributed by atoms with Gasteiger partial charge < -0.3 is 4.74 Å². The second-order valence-corrected chi connectivity index (χ2v) is 5.33. The Hall–Kier alpha value is -1.41. The van der Waals surface area contributed by atoms with Crippen molar-refractivity contribution in [2.75, 3.05) is 5.75 Å². The van der Waals surface area contributed by atoms with Crippen LogP contribution in [0.5, 0.6) is 5.75 Å². The average molecular weight is 258 g/mol. The lowest BCUT2D eigenvalue weighted by molar-refractivity contribution is 0.306. The van der Waals surface area contributed by atoms with Gasteiger partial charge in [0.25, 0.3) is 0 Å². The van der Waals surface area contributed by atoms with Gasteiger partial charge in [-0.05, 0) is 29.0 Å². The van der Waals surface area contributed by atoms with E-state index in [9.17, 15) is 0 Å². The molecule has 0 aliphatic heterocycles. The summed E-state index contributed by atoms with van der Waals surface area (Å²) >= 11 is 1.94. The molecule has 0 radical (unpaired) electrons. The van der Waals surface area contributed by atoms with E-state index >= 15 is 0 Å². The topological polar surface area (TPSA) is 9.23 Å². The van der Waals surface area contributed by atoms with Gasteiger partial charge >= 0.3 is 0 Å². The number of hydrogen-bond acceptors (Lipinski definition) is 2. The van der Waals surface area contributed by atoms with E-state index in [0.29, 0.717) is 6.61 Å². The minimum atomic E-state index is 0.629. The lowest BCUT2D eigenvalue weighted by Gasteiger charge is -2.07. The Kier molecular flexibility index (Phi) is 5.15. The predicted molar refractivity (Wildman–Crippen MR) is 79.1 cm³/mol. The fourth-order valence-corrected chi connectivity index (χ4v) is 2.27. The molecule has 0 aliphatic rings. The molecule has 18 heavy (non-hydrogen) atoms. The largest absolute Gasteiger partial charge is 0.489 e. The third-order valence-corrected chi connectivity index (χ3v) is 3.59. The minimum Gasteiger partial charge on any atom is -0.489 e. The highest BCUT2D eigenvalue weighted by molar-refractivity contribution is 7.98. The van der Waals surface area contributed by atoms with E-state index in [2.05, 4.69) is 43.3 Å². The van der Waals surface area contributed by atoms with Gasteiger partial charge in [0.05, 0.1) is 0 Å². The van der Waals surface area contributed by atoms with Crippen molar-refractivity contribution in [3.05, 3.63) is 65.7 Å². The van der Waals surface area contributed by atoms with Gasteiger partial charge in [-0.2, -0.15) is 11.8 Å². The average Bonchev–Trinajstić information content (AvgIpc) is 2.45. The highest BCUT2D eigenvalue weighted by Crippen LogP contribution is 2.17. The molecule has 0 unspecified atom stereocenters. The lowest BCUT2D eigenvalue weighted by Crippen LogP contribution is -1.94. The van der Waals surface area contributed by atoms with Crippen LogP contribution in [-0.4, -0.2) is 5.75 Å². The van der Waals surface area contributed by atoms with Crippen LogP contribution in [0.15, 0.2) is 54.6 Å². The van der Waals surface area contributed by atoms with Crippen LogP contribution < -0.4 is 4.74 Å². The van der Waals surface area contributed by atoms with Crippen molar-refractivity contribution in [2.24, 2.45) is 0 Å². The SMILES string of the molecule is CCSCc1ccc(OCc2ccccc2)cc1. The first-order valence-electron chi connectivity index (χ1n) is 6.22. The smallest absolute Gasteiger partial charge is 0.119 e. The van der Waals surface area contributed by atoms with E-state index in [1.807, 2.05) is 30.0 Å². The molecular weight excluding hydrogens is 240 g/mol. The summed E-state index contributed by atoms with van der Waals surface area (Å²) < 4.78 is 5.74. The van der Waals surface area contributed by atoms with Gasteiger partial charge in [0.2, 0.25) is 0 Å². The number of rotatable bonds is 6. The van der Waals surface area contributed by atoms with Gasteiger partial charge in [-0.25, -0.2) is 0 Å². The summed E-state index contributed by atoms with van der Waals surface area (Å²) in [6.07, 6.45) is 0. The monoisotopic (exact) mass is 258 g/mol. The Labute approximate surface area is 113 Å². The number of hydrogen-bond donors (Lipinski definition) is 0. The molecule has 2 aromatic carbocycles. The first kappa shape index (κ1) is 13.0. The summed E-state index contributed by atoms with van der Waals surface area (Å²) in [5.74, 6) is 3.17. The maximum atomic E-state index is 5.74. The summed E-state index contributed by atoms with van der Waals surface area (Å²) in [7, 11) is 0. The zero-order chi connectivity index (χ0) is 12.6. The zero-order valence-electron chi connectivity index (χ0n) is 10.6. The molecule has 94 valence electrons. The Bertz CT molecular complexity index is 450. The molecule has 0 amide bonds. The molecule has 0 atom stereocenters. The van der Waals surface area contributed by atoms with Gasteiger partial charge in [-0.15, -0.1) is 0 Å². The van der Waals surface area contributed by atoms with Gasteiger partial charge in [0.1, 0.15) is 12.4 Å². The van der Waals surface area contributed by atoms with Crippen LogP contribution in [0.2, 0.25) is 0 Å². The molecule has 0 heterocycles. The summed E-state index contributed by atoms with van der Waals surface area (Å²) in [4.78, 5) is 0. The highest BCUT2D eigenvalue weighted by atomic mass is 32.2. The van der Waals surface area contributed by atoms with Crippen molar-refractivity contribution >= 4 is 11.8 Å². The van der Waals surface area contributed by atoms with E-state index in [1.165, 1.54) is 11.1 Å². The Morgan fingerprint density at radius 1 is 0.889 bits per heavy atom. The van der Waals surface area contributed by atoms with Crippen molar-refractivity contribution in [1.29, 1.82) is 0 Å². The molecule has 1 nitrogen and oxygen atoms in total. The van der Waals surface area contributed by atoms with Crippen LogP contribution in [0.3, 0.4) is 0 Å². The number of benzene rings is 2. The van der Waals surface area contributed by atoms with Crippen LogP contribution in [0.25, 0.3) is 0 Å². The van der Waals surface area contributed by atoms with Crippen LogP contribution in [-0.2, 0) is 12.4 Å². The molecule has 0 saturated heterocycles. The van der Waals surface area contributed by atoms with Gasteiger partial charge in [0, 0.05) is 5.75 Å². The van der Waals surface area contributed by atoms with Crippen LogP contribution in [0, 0.1) is 0 Å². The summed E-state index contributed by atoms with van der Waals surface area (Å²) in [6.45, 7) is 2.81. The normalized spacial score (nSPS) is 10.3. The van der Waals surface area contributed by atoms with E-state index in [0.717, 1.165) is 17.3 Å². The van der Waals surface area contributed by atoms with Gasteiger partial charge in [-0.1, -0.05) is 49.4 Å². The Balaban J connectivity index is 1.86. The molecule has 0 aliphatic carbocycles. The van der Waals surface area contributed by atoms with Crippen molar-refractivity contribution in [2.45, 2.75) is 19.3 Å². The van der Waals surface area contributed by atoms with E-state index in [4.69, 9.17) is 4.74 Å². The fraction of sp³-hybridized carbons (Fsp3) is 0.250. The quantitative estimate of drug-likeness (QED) is 0.753. The molecule has 0 spiro atoms. The second kappa shape index (κ2) is 7.12.